The Balaban J connectivity index is 1.78. The first-order valence-corrected chi connectivity index (χ1v) is 11.1. The van der Waals surface area contributed by atoms with Crippen molar-refractivity contribution in [2.45, 2.75) is 27.3 Å². The van der Waals surface area contributed by atoms with Crippen LogP contribution in [-0.2, 0) is 16.1 Å². The van der Waals surface area contributed by atoms with Crippen molar-refractivity contribution in [3.05, 3.63) is 101 Å². The molecule has 33 heavy (non-hydrogen) atoms. The van der Waals surface area contributed by atoms with Crippen LogP contribution in [0.5, 0.6) is 5.75 Å². The summed E-state index contributed by atoms with van der Waals surface area (Å²) in [6.07, 6.45) is 0. The zero-order valence-corrected chi connectivity index (χ0v) is 19.5. The summed E-state index contributed by atoms with van der Waals surface area (Å²) in [5.74, 6) is 0.0942. The molecule has 5 nitrogen and oxygen atoms in total. The number of hydrogen-bond acceptors (Lipinski definition) is 4. The lowest BCUT2D eigenvalue weighted by atomic mass is 10.0. The van der Waals surface area contributed by atoms with Crippen LogP contribution in [0.2, 0.25) is 0 Å². The van der Waals surface area contributed by atoms with E-state index in [2.05, 4.69) is 0 Å². The van der Waals surface area contributed by atoms with E-state index in [4.69, 9.17) is 4.74 Å². The summed E-state index contributed by atoms with van der Waals surface area (Å²) in [5.41, 5.74) is 5.27. The number of likely N-dealkylation sites (N-methyl/N-ethyl adjacent to an activating group) is 1. The fourth-order valence-corrected chi connectivity index (χ4v) is 4.05. The van der Waals surface area contributed by atoms with Gasteiger partial charge in [-0.2, -0.15) is 0 Å². The number of carbonyl (C=O) groups is 2. The first kappa shape index (κ1) is 22.3. The van der Waals surface area contributed by atoms with Gasteiger partial charge in [0.05, 0.1) is 17.9 Å². The lowest BCUT2D eigenvalue weighted by molar-refractivity contribution is -0.120. The first-order valence-electron chi connectivity index (χ1n) is 11.1. The number of nitrogens with zero attached hydrogens (tertiary/aromatic N) is 2. The van der Waals surface area contributed by atoms with Gasteiger partial charge in [0.25, 0.3) is 11.8 Å². The van der Waals surface area contributed by atoms with Gasteiger partial charge in [-0.3, -0.25) is 9.59 Å². The van der Waals surface area contributed by atoms with Gasteiger partial charge in [0, 0.05) is 13.6 Å². The van der Waals surface area contributed by atoms with Crippen LogP contribution in [0.4, 0.5) is 5.69 Å². The van der Waals surface area contributed by atoms with Crippen LogP contribution in [0.3, 0.4) is 0 Å². The van der Waals surface area contributed by atoms with E-state index in [0.29, 0.717) is 35.7 Å². The Morgan fingerprint density at radius 3 is 2.18 bits per heavy atom. The molecule has 0 unspecified atom stereocenters. The van der Waals surface area contributed by atoms with E-state index in [-0.39, 0.29) is 11.8 Å². The van der Waals surface area contributed by atoms with Gasteiger partial charge in [-0.05, 0) is 67.3 Å². The molecule has 0 bridgehead atoms. The molecule has 0 atom stereocenters. The predicted octanol–water partition coefficient (Wildman–Crippen LogP) is 5.12. The molecule has 3 aromatic carbocycles. The number of amides is 2. The predicted molar refractivity (Wildman–Crippen MR) is 131 cm³/mol. The SMILES string of the molecule is CCOc1ccc(C2=C(N(C)Cc3ccccc3)C(=O)N(c3ccc(C)c(C)c3)C2=O)cc1. The van der Waals surface area contributed by atoms with Gasteiger partial charge in [-0.15, -0.1) is 0 Å². The van der Waals surface area contributed by atoms with E-state index in [1.54, 1.807) is 0 Å². The zero-order chi connectivity index (χ0) is 23.5. The van der Waals surface area contributed by atoms with Crippen molar-refractivity contribution in [2.75, 3.05) is 18.6 Å². The molecule has 5 heteroatoms. The molecule has 1 aliphatic heterocycles. The van der Waals surface area contributed by atoms with Crippen molar-refractivity contribution in [1.82, 2.24) is 4.90 Å². The molecule has 168 valence electrons. The van der Waals surface area contributed by atoms with Crippen molar-refractivity contribution in [3.8, 4) is 5.75 Å². The minimum atomic E-state index is -0.317. The fraction of sp³-hybridized carbons (Fsp3) is 0.214. The number of rotatable bonds is 7. The number of aryl methyl sites for hydroxylation is 2. The lowest BCUT2D eigenvalue weighted by Crippen LogP contribution is -2.34. The first-order chi connectivity index (χ1) is 15.9. The molecular formula is C28H28N2O3. The van der Waals surface area contributed by atoms with Crippen molar-refractivity contribution >= 4 is 23.1 Å². The van der Waals surface area contributed by atoms with Crippen LogP contribution in [0.25, 0.3) is 5.57 Å². The summed E-state index contributed by atoms with van der Waals surface area (Å²) < 4.78 is 5.55. The van der Waals surface area contributed by atoms with E-state index in [0.717, 1.165) is 22.4 Å². The molecule has 1 heterocycles. The molecule has 3 aromatic rings. The molecular weight excluding hydrogens is 412 g/mol. The van der Waals surface area contributed by atoms with Crippen LogP contribution in [0.1, 0.15) is 29.2 Å². The van der Waals surface area contributed by atoms with Crippen molar-refractivity contribution in [2.24, 2.45) is 0 Å². The van der Waals surface area contributed by atoms with Crippen LogP contribution < -0.4 is 9.64 Å². The lowest BCUT2D eigenvalue weighted by Gasteiger charge is -2.22. The molecule has 1 aliphatic rings. The number of ether oxygens (including phenoxy) is 1. The topological polar surface area (TPSA) is 49.9 Å². The quantitative estimate of drug-likeness (QED) is 0.479. The number of carbonyl (C=O) groups excluding carboxylic acids is 2. The normalized spacial score (nSPS) is 13.6. The Morgan fingerprint density at radius 1 is 0.848 bits per heavy atom. The summed E-state index contributed by atoms with van der Waals surface area (Å²) in [7, 11) is 1.85. The minimum absolute atomic E-state index is 0.314. The Hall–Kier alpha value is -3.86. The van der Waals surface area contributed by atoms with E-state index in [1.165, 1.54) is 4.90 Å². The Morgan fingerprint density at radius 2 is 1.55 bits per heavy atom. The molecule has 0 radical (unpaired) electrons. The molecule has 0 spiro atoms. The highest BCUT2D eigenvalue weighted by Crippen LogP contribution is 2.36. The van der Waals surface area contributed by atoms with Crippen LogP contribution in [0.15, 0.2) is 78.5 Å². The largest absolute Gasteiger partial charge is 0.494 e. The summed E-state index contributed by atoms with van der Waals surface area (Å²) in [6, 6.07) is 22.9. The van der Waals surface area contributed by atoms with Crippen LogP contribution in [0, 0.1) is 13.8 Å². The Labute approximate surface area is 194 Å². The van der Waals surface area contributed by atoms with E-state index in [1.807, 2.05) is 106 Å². The third-order valence-corrected chi connectivity index (χ3v) is 5.91. The third kappa shape index (κ3) is 4.40. The van der Waals surface area contributed by atoms with Gasteiger partial charge < -0.3 is 9.64 Å². The van der Waals surface area contributed by atoms with Crippen molar-refractivity contribution in [1.29, 1.82) is 0 Å². The molecule has 0 aromatic heterocycles. The molecule has 2 amide bonds. The van der Waals surface area contributed by atoms with Crippen LogP contribution >= 0.6 is 0 Å². The molecule has 0 aliphatic carbocycles. The second-order valence-corrected chi connectivity index (χ2v) is 8.24. The van der Waals surface area contributed by atoms with Gasteiger partial charge in [-0.25, -0.2) is 4.90 Å². The van der Waals surface area contributed by atoms with Gasteiger partial charge in [0.2, 0.25) is 0 Å². The Kier molecular flexibility index (Phi) is 6.31. The van der Waals surface area contributed by atoms with Gasteiger partial charge in [-0.1, -0.05) is 48.5 Å². The maximum Gasteiger partial charge on any atom is 0.282 e. The number of benzene rings is 3. The maximum atomic E-state index is 13.7. The number of anilines is 1. The standard InChI is InChI=1S/C28H28N2O3/c1-5-33-24-15-12-22(13-16-24)25-26(29(4)18-21-9-7-6-8-10-21)28(32)30(27(25)31)23-14-11-19(2)20(3)17-23/h6-17H,5,18H2,1-4H3. The van der Waals surface area contributed by atoms with Gasteiger partial charge in [0.1, 0.15) is 11.4 Å². The summed E-state index contributed by atoms with van der Waals surface area (Å²) in [6.45, 7) is 6.98. The minimum Gasteiger partial charge on any atom is -0.494 e. The number of imide groups is 1. The highest BCUT2D eigenvalue weighted by atomic mass is 16.5. The van der Waals surface area contributed by atoms with Gasteiger partial charge >= 0.3 is 0 Å². The molecule has 0 saturated heterocycles. The van der Waals surface area contributed by atoms with Crippen molar-refractivity contribution < 1.29 is 14.3 Å². The molecule has 0 saturated carbocycles. The zero-order valence-electron chi connectivity index (χ0n) is 19.5. The van der Waals surface area contributed by atoms with E-state index in [9.17, 15) is 9.59 Å². The molecule has 0 N–H and O–H groups in total. The number of hydrogen-bond donors (Lipinski definition) is 0. The average molecular weight is 441 g/mol. The highest BCUT2D eigenvalue weighted by molar-refractivity contribution is 6.45. The Bertz CT molecular complexity index is 1210. The van der Waals surface area contributed by atoms with Crippen LogP contribution in [-0.4, -0.2) is 30.4 Å². The van der Waals surface area contributed by atoms with Crippen molar-refractivity contribution in [3.63, 3.8) is 0 Å². The highest BCUT2D eigenvalue weighted by Gasteiger charge is 2.41. The molecule has 4 rings (SSSR count). The van der Waals surface area contributed by atoms with Gasteiger partial charge in [0.15, 0.2) is 0 Å². The van der Waals surface area contributed by atoms with E-state index < -0.39 is 0 Å². The smallest absolute Gasteiger partial charge is 0.282 e. The second-order valence-electron chi connectivity index (χ2n) is 8.24. The summed E-state index contributed by atoms with van der Waals surface area (Å²) in [5, 5.41) is 0. The third-order valence-electron chi connectivity index (χ3n) is 5.91. The molecule has 0 fully saturated rings. The second kappa shape index (κ2) is 9.33. The summed E-state index contributed by atoms with van der Waals surface area (Å²) in [4.78, 5) is 30.5. The average Bonchev–Trinajstić information content (AvgIpc) is 3.07. The fourth-order valence-electron chi connectivity index (χ4n) is 4.05. The maximum absolute atomic E-state index is 13.7. The van der Waals surface area contributed by atoms with E-state index >= 15 is 0 Å². The summed E-state index contributed by atoms with van der Waals surface area (Å²) >= 11 is 0. The monoisotopic (exact) mass is 440 g/mol.